The molecular formula is C17H20FNO. The maximum Gasteiger partial charge on any atom is 0.126 e. The van der Waals surface area contributed by atoms with E-state index in [2.05, 4.69) is 12.2 Å². The fourth-order valence-corrected chi connectivity index (χ4v) is 2.09. The molecule has 1 unspecified atom stereocenters. The van der Waals surface area contributed by atoms with Gasteiger partial charge in [0.05, 0.1) is 6.61 Å². The minimum Gasteiger partial charge on any atom is -0.494 e. The number of hydrogen-bond donors (Lipinski definition) is 1. The van der Waals surface area contributed by atoms with Gasteiger partial charge in [0, 0.05) is 11.7 Å². The maximum atomic E-state index is 13.2. The summed E-state index contributed by atoms with van der Waals surface area (Å²) in [6.45, 7) is 6.48. The second-order valence-electron chi connectivity index (χ2n) is 4.83. The summed E-state index contributed by atoms with van der Waals surface area (Å²) in [6.07, 6.45) is 0. The topological polar surface area (TPSA) is 21.3 Å². The van der Waals surface area contributed by atoms with Crippen LogP contribution in [0.2, 0.25) is 0 Å². The molecule has 1 atom stereocenters. The molecule has 20 heavy (non-hydrogen) atoms. The van der Waals surface area contributed by atoms with Crippen LogP contribution in [0.1, 0.15) is 31.0 Å². The Balaban J connectivity index is 2.06. The fraction of sp³-hybridized carbons (Fsp3) is 0.294. The third-order valence-corrected chi connectivity index (χ3v) is 3.23. The molecule has 0 aliphatic carbocycles. The lowest BCUT2D eigenvalue weighted by atomic mass is 10.1. The quantitative estimate of drug-likeness (QED) is 0.852. The first kappa shape index (κ1) is 14.4. The summed E-state index contributed by atoms with van der Waals surface area (Å²) in [7, 11) is 0. The van der Waals surface area contributed by atoms with Gasteiger partial charge < -0.3 is 10.1 Å². The number of rotatable bonds is 5. The van der Waals surface area contributed by atoms with Gasteiger partial charge in [-0.2, -0.15) is 0 Å². The highest BCUT2D eigenvalue weighted by Crippen LogP contribution is 2.23. The average molecular weight is 273 g/mol. The van der Waals surface area contributed by atoms with E-state index in [0.29, 0.717) is 12.2 Å². The van der Waals surface area contributed by atoms with Gasteiger partial charge >= 0.3 is 0 Å². The number of aryl methyl sites for hydroxylation is 1. The number of hydrogen-bond acceptors (Lipinski definition) is 2. The van der Waals surface area contributed by atoms with Crippen LogP contribution in [0.15, 0.2) is 42.5 Å². The highest BCUT2D eigenvalue weighted by atomic mass is 19.1. The van der Waals surface area contributed by atoms with Crippen LogP contribution >= 0.6 is 0 Å². The van der Waals surface area contributed by atoms with E-state index in [4.69, 9.17) is 4.74 Å². The minimum atomic E-state index is -0.177. The lowest BCUT2D eigenvalue weighted by Crippen LogP contribution is -2.07. The Hall–Kier alpha value is -2.03. The molecule has 0 aromatic heterocycles. The third-order valence-electron chi connectivity index (χ3n) is 3.23. The molecule has 106 valence electrons. The van der Waals surface area contributed by atoms with Crippen molar-refractivity contribution in [2.45, 2.75) is 26.8 Å². The van der Waals surface area contributed by atoms with Crippen molar-refractivity contribution < 1.29 is 9.13 Å². The molecule has 2 rings (SSSR count). The lowest BCUT2D eigenvalue weighted by Gasteiger charge is -2.16. The fourth-order valence-electron chi connectivity index (χ4n) is 2.09. The van der Waals surface area contributed by atoms with E-state index in [1.807, 2.05) is 37.3 Å². The number of halogens is 1. The van der Waals surface area contributed by atoms with Gasteiger partial charge in [-0.15, -0.1) is 0 Å². The Morgan fingerprint density at radius 1 is 1.15 bits per heavy atom. The largest absolute Gasteiger partial charge is 0.494 e. The van der Waals surface area contributed by atoms with Crippen molar-refractivity contribution in [1.29, 1.82) is 0 Å². The monoisotopic (exact) mass is 273 g/mol. The van der Waals surface area contributed by atoms with Crippen LogP contribution in [0.25, 0.3) is 0 Å². The standard InChI is InChI=1S/C17H20FNO/c1-4-20-16-8-5-14(6-9-16)13(3)19-15-7-10-17(18)12(2)11-15/h5-11,13,19H,4H2,1-3H3. The van der Waals surface area contributed by atoms with Gasteiger partial charge in [-0.25, -0.2) is 4.39 Å². The zero-order chi connectivity index (χ0) is 14.5. The zero-order valence-corrected chi connectivity index (χ0v) is 12.1. The smallest absolute Gasteiger partial charge is 0.126 e. The summed E-state index contributed by atoms with van der Waals surface area (Å²) in [4.78, 5) is 0. The average Bonchev–Trinajstić information content (AvgIpc) is 2.44. The maximum absolute atomic E-state index is 13.2. The number of benzene rings is 2. The first-order valence-corrected chi connectivity index (χ1v) is 6.85. The molecule has 1 N–H and O–H groups in total. The van der Waals surface area contributed by atoms with E-state index in [1.165, 1.54) is 6.07 Å². The predicted molar refractivity (Wildman–Crippen MR) is 80.8 cm³/mol. The third kappa shape index (κ3) is 3.50. The van der Waals surface area contributed by atoms with Crippen LogP contribution in [0.3, 0.4) is 0 Å². The molecular weight excluding hydrogens is 253 g/mol. The van der Waals surface area contributed by atoms with Gasteiger partial charge in [-0.05, 0) is 62.2 Å². The van der Waals surface area contributed by atoms with E-state index in [-0.39, 0.29) is 11.9 Å². The van der Waals surface area contributed by atoms with Crippen molar-refractivity contribution >= 4 is 5.69 Å². The second-order valence-corrected chi connectivity index (χ2v) is 4.83. The van der Waals surface area contributed by atoms with Crippen molar-refractivity contribution in [3.05, 3.63) is 59.4 Å². The van der Waals surface area contributed by atoms with Gasteiger partial charge in [0.1, 0.15) is 11.6 Å². The van der Waals surface area contributed by atoms with Gasteiger partial charge in [0.25, 0.3) is 0 Å². The SMILES string of the molecule is CCOc1ccc(C(C)Nc2ccc(F)c(C)c2)cc1. The molecule has 0 amide bonds. The molecule has 0 spiro atoms. The normalized spacial score (nSPS) is 12.0. The Labute approximate surface area is 119 Å². The van der Waals surface area contributed by atoms with Crippen molar-refractivity contribution in [2.75, 3.05) is 11.9 Å². The van der Waals surface area contributed by atoms with Crippen LogP contribution in [0, 0.1) is 12.7 Å². The molecule has 0 fully saturated rings. The van der Waals surface area contributed by atoms with E-state index < -0.39 is 0 Å². The van der Waals surface area contributed by atoms with Crippen molar-refractivity contribution in [2.24, 2.45) is 0 Å². The van der Waals surface area contributed by atoms with Crippen LogP contribution < -0.4 is 10.1 Å². The van der Waals surface area contributed by atoms with Crippen molar-refractivity contribution in [1.82, 2.24) is 0 Å². The van der Waals surface area contributed by atoms with E-state index in [9.17, 15) is 4.39 Å². The lowest BCUT2D eigenvalue weighted by molar-refractivity contribution is 0.340. The molecule has 0 saturated heterocycles. The molecule has 2 nitrogen and oxygen atoms in total. The van der Waals surface area contributed by atoms with Crippen molar-refractivity contribution in [3.63, 3.8) is 0 Å². The van der Waals surface area contributed by atoms with Crippen LogP contribution in [-0.4, -0.2) is 6.61 Å². The first-order chi connectivity index (χ1) is 9.60. The van der Waals surface area contributed by atoms with Crippen LogP contribution in [0.5, 0.6) is 5.75 Å². The first-order valence-electron chi connectivity index (χ1n) is 6.85. The van der Waals surface area contributed by atoms with E-state index in [0.717, 1.165) is 17.0 Å². The summed E-state index contributed by atoms with van der Waals surface area (Å²) >= 11 is 0. The van der Waals surface area contributed by atoms with E-state index >= 15 is 0 Å². The van der Waals surface area contributed by atoms with Crippen LogP contribution in [0.4, 0.5) is 10.1 Å². The number of anilines is 1. The Kier molecular flexibility index (Phi) is 4.61. The molecule has 0 saturated carbocycles. The molecule has 0 radical (unpaired) electrons. The summed E-state index contributed by atoms with van der Waals surface area (Å²) in [5.41, 5.74) is 2.73. The predicted octanol–water partition coefficient (Wildman–Crippen LogP) is 4.71. The van der Waals surface area contributed by atoms with Crippen LogP contribution in [-0.2, 0) is 0 Å². The Morgan fingerprint density at radius 2 is 1.85 bits per heavy atom. The molecule has 2 aromatic rings. The highest BCUT2D eigenvalue weighted by Gasteiger charge is 2.06. The minimum absolute atomic E-state index is 0.149. The molecule has 2 aromatic carbocycles. The molecule has 0 heterocycles. The van der Waals surface area contributed by atoms with E-state index in [1.54, 1.807) is 13.0 Å². The Bertz CT molecular complexity index is 566. The van der Waals surface area contributed by atoms with Gasteiger partial charge in [0.2, 0.25) is 0 Å². The molecule has 0 aliphatic rings. The molecule has 3 heteroatoms. The number of ether oxygens (including phenoxy) is 1. The van der Waals surface area contributed by atoms with Gasteiger partial charge in [0.15, 0.2) is 0 Å². The zero-order valence-electron chi connectivity index (χ0n) is 12.1. The summed E-state index contributed by atoms with van der Waals surface area (Å²) < 4.78 is 18.7. The van der Waals surface area contributed by atoms with Gasteiger partial charge in [-0.1, -0.05) is 12.1 Å². The van der Waals surface area contributed by atoms with Crippen molar-refractivity contribution in [3.8, 4) is 5.75 Å². The summed E-state index contributed by atoms with van der Waals surface area (Å²) in [5.74, 6) is 0.699. The highest BCUT2D eigenvalue weighted by molar-refractivity contribution is 5.48. The summed E-state index contributed by atoms with van der Waals surface area (Å²) in [6, 6.07) is 13.2. The van der Waals surface area contributed by atoms with Gasteiger partial charge in [-0.3, -0.25) is 0 Å². The molecule has 0 aliphatic heterocycles. The molecule has 0 bridgehead atoms. The number of nitrogens with one attached hydrogen (secondary N) is 1. The summed E-state index contributed by atoms with van der Waals surface area (Å²) in [5, 5.41) is 3.37. The Morgan fingerprint density at radius 3 is 2.45 bits per heavy atom. The second kappa shape index (κ2) is 6.42.